The van der Waals surface area contributed by atoms with Gasteiger partial charge in [0.15, 0.2) is 11.3 Å². The zero-order valence-corrected chi connectivity index (χ0v) is 27.5. The molecule has 0 saturated carbocycles. The first-order valence-corrected chi connectivity index (χ1v) is 16.9. The lowest BCUT2D eigenvalue weighted by atomic mass is 9.82. The van der Waals surface area contributed by atoms with E-state index in [-0.39, 0.29) is 55.1 Å². The number of thioether (sulfide) groups is 2. The highest BCUT2D eigenvalue weighted by atomic mass is 32.2. The molecule has 4 amide bonds. The first-order chi connectivity index (χ1) is 19.1. The molecule has 3 aliphatic heterocycles. The van der Waals surface area contributed by atoms with E-state index in [1.165, 1.54) is 0 Å². The van der Waals surface area contributed by atoms with E-state index >= 15 is 0 Å². The largest absolute Gasteiger partial charge is 0.364 e. The van der Waals surface area contributed by atoms with E-state index in [9.17, 15) is 9.59 Å². The Morgan fingerprint density at radius 3 is 1.70 bits per heavy atom. The zero-order valence-electron chi connectivity index (χ0n) is 25.8. The third kappa shape index (κ3) is 6.37. The van der Waals surface area contributed by atoms with Gasteiger partial charge in [0.05, 0.1) is 6.10 Å². The fraction of sp³-hybridized carbons (Fsp3) is 0.929. The van der Waals surface area contributed by atoms with Crippen LogP contribution in [0.4, 0.5) is 9.59 Å². The average molecular weight is 605 g/mol. The van der Waals surface area contributed by atoms with Gasteiger partial charge in [-0.25, -0.2) is 9.59 Å². The fourth-order valence-electron chi connectivity index (χ4n) is 6.31. The van der Waals surface area contributed by atoms with Gasteiger partial charge in [0, 0.05) is 32.3 Å². The highest BCUT2D eigenvalue weighted by Gasteiger charge is 2.77. The first-order valence-electron chi connectivity index (χ1n) is 14.8. The Labute approximate surface area is 250 Å². The summed E-state index contributed by atoms with van der Waals surface area (Å²) in [6.45, 7) is 13.4. The first kappa shape index (κ1) is 33.6. The summed E-state index contributed by atoms with van der Waals surface area (Å²) in [5, 5.41) is 0. The number of methoxy groups -OCH3 is 2. The normalized spacial score (nSPS) is 29.1. The Morgan fingerprint density at radius 2 is 1.25 bits per heavy atom. The number of nitrogens with zero attached hydrogens (tertiary/aromatic N) is 4. The van der Waals surface area contributed by atoms with E-state index in [4.69, 9.17) is 18.9 Å². The number of hydrogen-bond donors (Lipinski definition) is 0. The topological polar surface area (TPSA) is 84.0 Å². The Hall–Kier alpha value is -0.920. The molecule has 0 radical (unpaired) electrons. The van der Waals surface area contributed by atoms with E-state index in [1.54, 1.807) is 47.5 Å². The molecule has 3 rings (SSSR count). The van der Waals surface area contributed by atoms with Crippen molar-refractivity contribution in [2.75, 3.05) is 52.5 Å². The number of rotatable bonds is 17. The van der Waals surface area contributed by atoms with Gasteiger partial charge >= 0.3 is 12.1 Å². The molecule has 3 saturated heterocycles. The number of amides is 4. The van der Waals surface area contributed by atoms with Crippen LogP contribution in [0, 0.1) is 5.92 Å². The molecular formula is C28H52N4O6S2. The molecule has 4 unspecified atom stereocenters. The Bertz CT molecular complexity index is 831. The summed E-state index contributed by atoms with van der Waals surface area (Å²) < 4.78 is 23.8. The van der Waals surface area contributed by atoms with Crippen LogP contribution in [0.5, 0.6) is 0 Å². The van der Waals surface area contributed by atoms with Crippen LogP contribution in [0.2, 0.25) is 0 Å². The summed E-state index contributed by atoms with van der Waals surface area (Å²) in [6.07, 6.45) is 5.06. The minimum Gasteiger partial charge on any atom is -0.364 e. The number of unbranched alkanes of at least 4 members (excludes halogenated alkanes) is 2. The van der Waals surface area contributed by atoms with E-state index < -0.39 is 11.3 Å². The standard InChI is InChI=1S/C28H52N4O6S2/c1-9-11-13-27-28(14-12-10-2,31(19-36-8)26(34)30(27)18-35-7)32(25(33)29(27)15-21(3)4)20-37-23-16-40-24(17-39-23)38-22(5)6/h21-24H,9-20H2,1-8H3. The second kappa shape index (κ2) is 15.0. The van der Waals surface area contributed by atoms with Crippen LogP contribution in [0.25, 0.3) is 0 Å². The van der Waals surface area contributed by atoms with Crippen LogP contribution in [0.3, 0.4) is 0 Å². The molecule has 0 spiro atoms. The van der Waals surface area contributed by atoms with E-state index in [1.807, 2.05) is 9.80 Å². The molecular weight excluding hydrogens is 552 g/mol. The van der Waals surface area contributed by atoms with Gasteiger partial charge in [0.25, 0.3) is 0 Å². The molecule has 232 valence electrons. The van der Waals surface area contributed by atoms with E-state index in [2.05, 4.69) is 41.5 Å². The minimum atomic E-state index is -0.953. The molecule has 0 aliphatic carbocycles. The van der Waals surface area contributed by atoms with Gasteiger partial charge in [-0.2, -0.15) is 0 Å². The van der Waals surface area contributed by atoms with Crippen LogP contribution in [-0.2, 0) is 18.9 Å². The molecule has 10 nitrogen and oxygen atoms in total. The van der Waals surface area contributed by atoms with Gasteiger partial charge in [0.2, 0.25) is 0 Å². The number of carbonyl (C=O) groups excluding carboxylic acids is 2. The monoisotopic (exact) mass is 604 g/mol. The highest BCUT2D eigenvalue weighted by molar-refractivity contribution is 8.06. The Balaban J connectivity index is 2.06. The number of hydrogen-bond acceptors (Lipinski definition) is 8. The minimum absolute atomic E-state index is 0.0692. The van der Waals surface area contributed by atoms with Crippen molar-refractivity contribution in [3.05, 3.63) is 0 Å². The number of fused-ring (bicyclic) bond motifs is 1. The van der Waals surface area contributed by atoms with Gasteiger partial charge in [-0.05, 0) is 45.4 Å². The smallest absolute Gasteiger partial charge is 0.327 e. The van der Waals surface area contributed by atoms with Crippen LogP contribution in [0.1, 0.15) is 80.1 Å². The van der Waals surface area contributed by atoms with E-state index in [0.717, 1.165) is 37.2 Å². The van der Waals surface area contributed by atoms with Gasteiger partial charge in [0.1, 0.15) is 31.1 Å². The predicted molar refractivity (Wildman–Crippen MR) is 161 cm³/mol. The van der Waals surface area contributed by atoms with Crippen molar-refractivity contribution >= 4 is 35.6 Å². The molecule has 3 heterocycles. The maximum atomic E-state index is 14.5. The second-order valence-electron chi connectivity index (χ2n) is 11.5. The molecule has 3 fully saturated rings. The van der Waals surface area contributed by atoms with E-state index in [0.29, 0.717) is 19.4 Å². The summed E-state index contributed by atoms with van der Waals surface area (Å²) in [4.78, 5) is 36.1. The lowest BCUT2D eigenvalue weighted by molar-refractivity contribution is -0.134. The van der Waals surface area contributed by atoms with Crippen LogP contribution in [-0.4, -0.2) is 112 Å². The van der Waals surface area contributed by atoms with Gasteiger partial charge in [-0.15, -0.1) is 23.5 Å². The van der Waals surface area contributed by atoms with Crippen molar-refractivity contribution in [1.82, 2.24) is 19.6 Å². The van der Waals surface area contributed by atoms with Gasteiger partial charge in [-0.1, -0.05) is 40.5 Å². The van der Waals surface area contributed by atoms with Crippen LogP contribution >= 0.6 is 23.5 Å². The Kier molecular flexibility index (Phi) is 12.6. The highest BCUT2D eigenvalue weighted by Crippen LogP contribution is 2.56. The van der Waals surface area contributed by atoms with Crippen LogP contribution < -0.4 is 0 Å². The second-order valence-corrected chi connectivity index (χ2v) is 13.9. The van der Waals surface area contributed by atoms with Gasteiger partial charge < -0.3 is 18.9 Å². The predicted octanol–water partition coefficient (Wildman–Crippen LogP) is 5.63. The van der Waals surface area contributed by atoms with Crippen LogP contribution in [0.15, 0.2) is 0 Å². The molecule has 0 N–H and O–H groups in total. The fourth-order valence-corrected chi connectivity index (χ4v) is 8.93. The summed E-state index contributed by atoms with van der Waals surface area (Å²) in [5.41, 5.74) is -1.78. The SMILES string of the molecule is CCCCC12N(COC)C(=O)N(COC)C1(CCCC)N(CC(C)C)C(=O)N2COC1CSC(OC(C)C)CS1. The molecule has 0 aromatic rings. The molecule has 40 heavy (non-hydrogen) atoms. The number of urea groups is 2. The van der Waals surface area contributed by atoms with Crippen molar-refractivity contribution in [2.24, 2.45) is 5.92 Å². The number of carbonyl (C=O) groups is 2. The molecule has 0 aromatic heterocycles. The molecule has 4 atom stereocenters. The summed E-state index contributed by atoms with van der Waals surface area (Å²) in [5.74, 6) is 1.82. The molecule has 0 bridgehead atoms. The van der Waals surface area contributed by atoms with Crippen molar-refractivity contribution in [1.29, 1.82) is 0 Å². The maximum absolute atomic E-state index is 14.5. The average Bonchev–Trinajstić information content (AvgIpc) is 3.22. The van der Waals surface area contributed by atoms with Crippen molar-refractivity contribution in [2.45, 2.75) is 108 Å². The summed E-state index contributed by atoms with van der Waals surface area (Å²) in [7, 11) is 3.20. The zero-order chi connectivity index (χ0) is 29.5. The molecule has 12 heteroatoms. The lowest BCUT2D eigenvalue weighted by Crippen LogP contribution is -2.69. The molecule has 0 aromatic carbocycles. The quantitative estimate of drug-likeness (QED) is 0.211. The van der Waals surface area contributed by atoms with Crippen molar-refractivity contribution < 1.29 is 28.5 Å². The number of ether oxygens (including phenoxy) is 4. The lowest BCUT2D eigenvalue weighted by Gasteiger charge is -2.50. The third-order valence-electron chi connectivity index (χ3n) is 7.82. The third-order valence-corrected chi connectivity index (χ3v) is 10.6. The molecule has 3 aliphatic rings. The van der Waals surface area contributed by atoms with Crippen molar-refractivity contribution in [3.63, 3.8) is 0 Å². The Morgan fingerprint density at radius 1 is 0.775 bits per heavy atom. The summed E-state index contributed by atoms with van der Waals surface area (Å²) >= 11 is 3.49. The van der Waals surface area contributed by atoms with Crippen molar-refractivity contribution in [3.8, 4) is 0 Å². The van der Waals surface area contributed by atoms with Gasteiger partial charge in [-0.3, -0.25) is 19.6 Å². The summed E-state index contributed by atoms with van der Waals surface area (Å²) in [6, 6.07) is -0.261. The maximum Gasteiger partial charge on any atom is 0.327 e.